The molecule has 4 N–H and O–H groups in total. The molecule has 0 fully saturated rings. The zero-order valence-electron chi connectivity index (χ0n) is 16.8. The van der Waals surface area contributed by atoms with Gasteiger partial charge >= 0.3 is 0 Å². The largest absolute Gasteiger partial charge is 0.307 e. The monoisotopic (exact) mass is 455 g/mol. The van der Waals surface area contributed by atoms with Crippen LogP contribution in [0.3, 0.4) is 0 Å². The van der Waals surface area contributed by atoms with Crippen molar-refractivity contribution < 1.29 is 0 Å². The molecule has 11 heteroatoms. The maximum atomic E-state index is 12.1. The number of nitrogens with one attached hydrogen (secondary N) is 4. The second-order valence-electron chi connectivity index (χ2n) is 7.25. The van der Waals surface area contributed by atoms with Gasteiger partial charge in [-0.15, -0.1) is 0 Å². The van der Waals surface area contributed by atoms with E-state index in [1.54, 1.807) is 30.6 Å². The highest BCUT2D eigenvalue weighted by molar-refractivity contribution is 6.34. The van der Waals surface area contributed by atoms with E-state index in [2.05, 4.69) is 45.6 Å². The molecule has 0 aliphatic heterocycles. The number of rotatable bonds is 4. The molecule has 4 heterocycles. The molecule has 0 bridgehead atoms. The van der Waals surface area contributed by atoms with E-state index in [1.165, 1.54) is 0 Å². The molecule has 6 aromatic rings. The van der Waals surface area contributed by atoms with Crippen LogP contribution in [0.2, 0.25) is 5.02 Å². The number of pyridine rings is 1. The molecular formula is C22H14ClN9O. The fourth-order valence-corrected chi connectivity index (χ4v) is 3.82. The maximum absolute atomic E-state index is 12.1. The summed E-state index contributed by atoms with van der Waals surface area (Å²) in [6.45, 7) is 0. The van der Waals surface area contributed by atoms with Gasteiger partial charge in [-0.05, 0) is 36.4 Å². The van der Waals surface area contributed by atoms with Gasteiger partial charge in [0, 0.05) is 28.9 Å². The second kappa shape index (κ2) is 7.53. The zero-order chi connectivity index (χ0) is 22.4. The van der Waals surface area contributed by atoms with Crippen LogP contribution in [0.1, 0.15) is 0 Å². The molecule has 0 amide bonds. The molecule has 160 valence electrons. The first-order valence-corrected chi connectivity index (χ1v) is 10.3. The lowest BCUT2D eigenvalue weighted by molar-refractivity contribution is 1.05. The van der Waals surface area contributed by atoms with Crippen LogP contribution >= 0.6 is 11.6 Å². The molecule has 10 nitrogen and oxygen atoms in total. The molecular weight excluding hydrogens is 442 g/mol. The number of aromatic amines is 3. The lowest BCUT2D eigenvalue weighted by Gasteiger charge is -2.09. The quantitative estimate of drug-likeness (QED) is 0.314. The molecule has 0 saturated heterocycles. The molecule has 0 aliphatic rings. The molecule has 2 aromatic carbocycles. The Balaban J connectivity index is 1.53. The number of aromatic nitrogens is 8. The van der Waals surface area contributed by atoms with Crippen molar-refractivity contribution >= 4 is 45.2 Å². The van der Waals surface area contributed by atoms with Crippen LogP contribution < -0.4 is 10.9 Å². The fourth-order valence-electron chi connectivity index (χ4n) is 3.57. The topological polar surface area (TPSA) is 141 Å². The number of hydrogen-bond donors (Lipinski definition) is 4. The van der Waals surface area contributed by atoms with Crippen molar-refractivity contribution in [1.29, 1.82) is 0 Å². The van der Waals surface area contributed by atoms with Gasteiger partial charge in [0.25, 0.3) is 5.56 Å². The predicted octanol–water partition coefficient (Wildman–Crippen LogP) is 4.04. The van der Waals surface area contributed by atoms with Gasteiger partial charge in [-0.2, -0.15) is 15.1 Å². The van der Waals surface area contributed by atoms with Crippen LogP contribution in [0.5, 0.6) is 0 Å². The maximum Gasteiger partial charge on any atom is 0.271 e. The van der Waals surface area contributed by atoms with E-state index >= 15 is 0 Å². The van der Waals surface area contributed by atoms with Crippen molar-refractivity contribution in [1.82, 2.24) is 40.3 Å². The summed E-state index contributed by atoms with van der Waals surface area (Å²) in [6, 6.07) is 14.7. The van der Waals surface area contributed by atoms with Crippen molar-refractivity contribution in [3.63, 3.8) is 0 Å². The van der Waals surface area contributed by atoms with Crippen LogP contribution in [0.15, 0.2) is 65.7 Å². The minimum Gasteiger partial charge on any atom is -0.307 e. The molecule has 0 atom stereocenters. The number of nitrogens with zero attached hydrogens (tertiary/aromatic N) is 5. The lowest BCUT2D eigenvalue weighted by atomic mass is 10.1. The molecule has 33 heavy (non-hydrogen) atoms. The Morgan fingerprint density at radius 1 is 0.879 bits per heavy atom. The highest BCUT2D eigenvalue weighted by atomic mass is 35.5. The van der Waals surface area contributed by atoms with Gasteiger partial charge in [0.1, 0.15) is 0 Å². The van der Waals surface area contributed by atoms with Crippen molar-refractivity contribution in [2.75, 3.05) is 5.32 Å². The van der Waals surface area contributed by atoms with Gasteiger partial charge in [-0.25, -0.2) is 4.98 Å². The van der Waals surface area contributed by atoms with E-state index in [9.17, 15) is 4.79 Å². The number of halogens is 1. The standard InChI is InChI=1S/C22H14ClN9O/c23-15-9-17-14(21(33)32-30-17)8-13(15)19-25-18(11-4-3-7-24-10-11)26-22(27-19)28-20-12-5-1-2-6-16(12)29-31-20/h1-10H,(H2,30,32,33)(H2,25,26,27,28,29,31). The third kappa shape index (κ3) is 3.38. The third-order valence-corrected chi connectivity index (χ3v) is 5.47. The first-order chi connectivity index (χ1) is 16.2. The van der Waals surface area contributed by atoms with E-state index in [-0.39, 0.29) is 11.5 Å². The Morgan fingerprint density at radius 3 is 2.64 bits per heavy atom. The summed E-state index contributed by atoms with van der Waals surface area (Å²) in [5, 5.41) is 17.6. The average molecular weight is 456 g/mol. The van der Waals surface area contributed by atoms with Crippen LogP contribution in [-0.2, 0) is 0 Å². The number of H-pyrrole nitrogens is 3. The number of para-hydroxylation sites is 1. The Labute approximate surface area is 190 Å². The van der Waals surface area contributed by atoms with E-state index < -0.39 is 0 Å². The van der Waals surface area contributed by atoms with Crippen LogP contribution in [0, 0.1) is 0 Å². The number of anilines is 2. The van der Waals surface area contributed by atoms with E-state index in [1.807, 2.05) is 30.3 Å². The smallest absolute Gasteiger partial charge is 0.271 e. The van der Waals surface area contributed by atoms with E-state index in [0.717, 1.165) is 10.9 Å². The second-order valence-corrected chi connectivity index (χ2v) is 7.65. The van der Waals surface area contributed by atoms with Gasteiger partial charge in [-0.1, -0.05) is 23.7 Å². The molecule has 6 rings (SSSR count). The summed E-state index contributed by atoms with van der Waals surface area (Å²) < 4.78 is 0. The Kier molecular flexibility index (Phi) is 4.37. The van der Waals surface area contributed by atoms with Gasteiger partial charge < -0.3 is 5.32 Å². The van der Waals surface area contributed by atoms with Crippen molar-refractivity contribution in [3.05, 3.63) is 76.3 Å². The average Bonchev–Trinajstić information content (AvgIpc) is 3.42. The van der Waals surface area contributed by atoms with Crippen LogP contribution in [0.25, 0.3) is 44.6 Å². The van der Waals surface area contributed by atoms with Gasteiger partial charge in [0.2, 0.25) is 5.95 Å². The van der Waals surface area contributed by atoms with Gasteiger partial charge in [0.15, 0.2) is 17.5 Å². The van der Waals surface area contributed by atoms with Gasteiger partial charge in [0.05, 0.1) is 21.4 Å². The third-order valence-electron chi connectivity index (χ3n) is 5.16. The van der Waals surface area contributed by atoms with Crippen molar-refractivity contribution in [2.45, 2.75) is 0 Å². The van der Waals surface area contributed by atoms with Crippen molar-refractivity contribution in [2.24, 2.45) is 0 Å². The Morgan fingerprint density at radius 2 is 1.76 bits per heavy atom. The highest BCUT2D eigenvalue weighted by Crippen LogP contribution is 2.31. The van der Waals surface area contributed by atoms with E-state index in [0.29, 0.717) is 44.5 Å². The molecule has 0 aliphatic carbocycles. The van der Waals surface area contributed by atoms with Crippen molar-refractivity contribution in [3.8, 4) is 22.8 Å². The number of fused-ring (bicyclic) bond motifs is 2. The zero-order valence-corrected chi connectivity index (χ0v) is 17.6. The molecule has 0 unspecified atom stereocenters. The Hall–Kier alpha value is -4.57. The minimum absolute atomic E-state index is 0.259. The first kappa shape index (κ1) is 19.1. The molecule has 4 aromatic heterocycles. The van der Waals surface area contributed by atoms with E-state index in [4.69, 9.17) is 11.6 Å². The summed E-state index contributed by atoms with van der Waals surface area (Å²) in [4.78, 5) is 30.1. The number of hydrogen-bond acceptors (Lipinski definition) is 7. The summed E-state index contributed by atoms with van der Waals surface area (Å²) >= 11 is 6.53. The molecule has 0 spiro atoms. The lowest BCUT2D eigenvalue weighted by Crippen LogP contribution is -2.04. The number of benzene rings is 2. The van der Waals surface area contributed by atoms with Crippen LogP contribution in [-0.4, -0.2) is 40.3 Å². The SMILES string of the molecule is O=c1[nH][nH]c2cc(Cl)c(-c3nc(Nc4n[nH]c5ccccc45)nc(-c4cccnc4)n3)cc12. The van der Waals surface area contributed by atoms with Gasteiger partial charge in [-0.3, -0.25) is 25.1 Å². The molecule has 0 radical (unpaired) electrons. The Bertz CT molecular complexity index is 1690. The fraction of sp³-hybridized carbons (Fsp3) is 0. The first-order valence-electron chi connectivity index (χ1n) is 9.92. The summed E-state index contributed by atoms with van der Waals surface area (Å²) in [5.74, 6) is 1.55. The van der Waals surface area contributed by atoms with Crippen LogP contribution in [0.4, 0.5) is 11.8 Å². The normalized spacial score (nSPS) is 11.3. The summed E-state index contributed by atoms with van der Waals surface area (Å²) in [7, 11) is 0. The summed E-state index contributed by atoms with van der Waals surface area (Å²) in [6.07, 6.45) is 3.33. The minimum atomic E-state index is -0.259. The predicted molar refractivity (Wildman–Crippen MR) is 125 cm³/mol. The highest BCUT2D eigenvalue weighted by Gasteiger charge is 2.17. The summed E-state index contributed by atoms with van der Waals surface area (Å²) in [5.41, 5.74) is 2.41. The molecule has 0 saturated carbocycles.